The third kappa shape index (κ3) is 515. The van der Waals surface area contributed by atoms with Gasteiger partial charge in [-0.3, -0.25) is 33.7 Å². The topological polar surface area (TPSA) is 345 Å². The molecule has 2 N–H and O–H groups in total. The summed E-state index contributed by atoms with van der Waals surface area (Å²) in [4.78, 5) is 0. The van der Waals surface area contributed by atoms with Crippen LogP contribution >= 0.6 is 0 Å². The monoisotopic (exact) mass is 976 g/mol. The molecule has 18 nitrogen and oxygen atoms in total. The average molecular weight is 977 g/mol. The Morgan fingerprint density at radius 3 is 0.417 bits per heavy atom. The van der Waals surface area contributed by atoms with Crippen LogP contribution in [0.5, 0.6) is 0 Å². The van der Waals surface area contributed by atoms with Crippen LogP contribution < -0.4 is 10.6 Å². The van der Waals surface area contributed by atoms with Crippen molar-refractivity contribution in [1.29, 1.82) is 0 Å². The predicted molar refractivity (Wildman–Crippen MR) is 109 cm³/mol. The molecule has 0 aliphatic carbocycles. The molecule has 0 aromatic carbocycles. The molecule has 0 radical (unpaired) electrons. The molecule has 0 atom stereocenters. The van der Waals surface area contributed by atoms with E-state index in [0.29, 0.717) is 24.2 Å². The van der Waals surface area contributed by atoms with Gasteiger partial charge in [-0.2, -0.15) is 0 Å². The molecule has 0 fully saturated rings. The van der Waals surface area contributed by atoms with Crippen LogP contribution in [-0.2, 0) is 83.7 Å². The van der Waals surface area contributed by atoms with E-state index in [1.165, 1.54) is 0 Å². The molecular weight excluding hydrogens is 947 g/mol. The average Bonchev–Trinajstić information content (AvgIpc) is 2.25. The largest absolute Gasteiger partial charge is 4.00 e. The fourth-order valence-corrected chi connectivity index (χ4v) is 1.33. The maximum absolute atomic E-state index is 8.52. The first kappa shape index (κ1) is 56.8. The van der Waals surface area contributed by atoms with Crippen molar-refractivity contribution in [2.45, 2.75) is 79.6 Å². The summed E-state index contributed by atoms with van der Waals surface area (Å²) in [5.74, 6) is 0. The minimum atomic E-state index is -5.17. The molecule has 0 aromatic heterocycles. The van der Waals surface area contributed by atoms with E-state index < -0.39 is 41.6 Å². The van der Waals surface area contributed by atoms with Crippen LogP contribution in [0.1, 0.15) is 55.4 Å². The molecule has 0 heterocycles. The molecule has 0 saturated heterocycles. The van der Waals surface area contributed by atoms with Gasteiger partial charge < -0.3 is 47.1 Å². The zero-order valence-electron chi connectivity index (χ0n) is 20.1. The molecule has 36 heavy (non-hydrogen) atoms. The van der Waals surface area contributed by atoms with Crippen LogP contribution in [-0.4, -0.2) is 94.3 Å². The Morgan fingerprint density at radius 1 is 0.361 bits per heavy atom. The molecule has 0 aliphatic heterocycles. The molecule has 0 unspecified atom stereocenters. The first-order valence-corrected chi connectivity index (χ1v) is 13.8. The van der Waals surface area contributed by atoms with E-state index in [4.69, 9.17) is 70.1 Å². The maximum atomic E-state index is 8.52. The summed E-state index contributed by atoms with van der Waals surface area (Å²) in [5.41, 5.74) is 0. The summed E-state index contributed by atoms with van der Waals surface area (Å²) in [6.45, 7) is 17.2. The third-order valence-electron chi connectivity index (χ3n) is 1.33. The molecule has 0 saturated carbocycles. The van der Waals surface area contributed by atoms with Crippen molar-refractivity contribution >= 4 is 41.6 Å². The van der Waals surface area contributed by atoms with Gasteiger partial charge in [0.15, 0.2) is 0 Å². The molecule has 0 amide bonds. The minimum Gasteiger partial charge on any atom is -0.759 e. The van der Waals surface area contributed by atoms with E-state index in [1.54, 1.807) is 0 Å². The molecule has 24 heteroatoms. The van der Waals surface area contributed by atoms with Crippen LogP contribution in [0.15, 0.2) is 0 Å². The zero-order valence-corrected chi connectivity index (χ0v) is 27.9. The Balaban J connectivity index is -0.0000000434. The summed E-state index contributed by atoms with van der Waals surface area (Å²) in [6.07, 6.45) is 0. The van der Waals surface area contributed by atoms with E-state index >= 15 is 0 Å². The van der Waals surface area contributed by atoms with Crippen LogP contribution in [0.4, 0.5) is 0 Å². The van der Waals surface area contributed by atoms with Gasteiger partial charge in [0.25, 0.3) is 0 Å². The van der Waals surface area contributed by atoms with Gasteiger partial charge in [-0.05, 0) is 0 Å². The van der Waals surface area contributed by atoms with E-state index in [0.717, 1.165) is 0 Å². The number of nitrogens with one attached hydrogen (secondary N) is 2. The van der Waals surface area contributed by atoms with Crippen molar-refractivity contribution in [3.63, 3.8) is 0 Å². The quantitative estimate of drug-likeness (QED) is 0.216. The van der Waals surface area contributed by atoms with Gasteiger partial charge in [0.1, 0.15) is 0 Å². The Labute approximate surface area is 242 Å². The molecule has 0 spiro atoms. The summed E-state index contributed by atoms with van der Waals surface area (Å²) in [7, 11) is -20.7. The minimum absolute atomic E-state index is 0. The zero-order chi connectivity index (χ0) is 29.7. The van der Waals surface area contributed by atoms with Crippen molar-refractivity contribution in [3.05, 3.63) is 0 Å². The predicted octanol–water partition coefficient (Wildman–Crippen LogP) is -2.57. The molecule has 228 valence electrons. The number of hydrogen-bond donors (Lipinski definition) is 2. The third-order valence-corrected chi connectivity index (χ3v) is 1.33. The van der Waals surface area contributed by atoms with Crippen molar-refractivity contribution in [2.75, 3.05) is 0 Å². The van der Waals surface area contributed by atoms with Crippen molar-refractivity contribution in [3.8, 4) is 0 Å². The summed E-state index contributed by atoms with van der Waals surface area (Å²) in [6, 6.07) is 2.50. The Kier molecular flexibility index (Phi) is 45.4. The van der Waals surface area contributed by atoms with Crippen LogP contribution in [0.25, 0.3) is 0 Å². The van der Waals surface area contributed by atoms with E-state index in [1.807, 2.05) is 0 Å². The fourth-order valence-electron chi connectivity index (χ4n) is 1.33. The van der Waals surface area contributed by atoms with Gasteiger partial charge in [0, 0.05) is 65.8 Å². The molecule has 0 bridgehead atoms. The fraction of sp³-hybridized carbons (Fsp3) is 1.00. The van der Waals surface area contributed by atoms with Crippen molar-refractivity contribution in [2.24, 2.45) is 0 Å². The van der Waals surface area contributed by atoms with Crippen LogP contribution in [0, 0.1) is 0 Å². The van der Waals surface area contributed by atoms with E-state index in [2.05, 4.69) is 66.0 Å². The number of rotatable bonds is 4. The Hall–Kier alpha value is 0.777. The van der Waals surface area contributed by atoms with E-state index in [-0.39, 0.29) is 42.1 Å². The Bertz CT molecular complexity index is 696. The molecule has 0 rings (SSSR count). The van der Waals surface area contributed by atoms with Gasteiger partial charge in [-0.15, -0.1) is 0 Å². The van der Waals surface area contributed by atoms with Gasteiger partial charge in [0.05, 0.1) is 0 Å². The van der Waals surface area contributed by atoms with E-state index in [9.17, 15) is 0 Å². The molecule has 0 aliphatic rings. The second kappa shape index (κ2) is 28.8. The first-order chi connectivity index (χ1) is 14.3. The summed E-state index contributed by atoms with van der Waals surface area (Å²) in [5, 5.41) is 6.61. The Morgan fingerprint density at radius 2 is 0.417 bits per heavy atom. The summed E-state index contributed by atoms with van der Waals surface area (Å²) >= 11 is 0. The van der Waals surface area contributed by atoms with Gasteiger partial charge in [0.2, 0.25) is 0 Å². The van der Waals surface area contributed by atoms with Gasteiger partial charge >= 0.3 is 42.1 Å². The normalized spacial score (nSPS) is 10.8. The number of hydrogen-bond acceptors (Lipinski definition) is 18. The van der Waals surface area contributed by atoms with Crippen LogP contribution in [0.3, 0.4) is 0 Å². The van der Waals surface area contributed by atoms with Crippen molar-refractivity contribution < 1.29 is 112 Å². The standard InChI is InChI=1S/2C6H15N.4H2O4S.2Pt/c2*1-5(2)7-6(3)4;4*1-5(2,3)4;;/h2*5-7H,1-4H3;4*(H2,1,2,3,4);;/q;;;;;;2*+4/p-8. The first-order valence-electron chi connectivity index (χ1n) is 8.44. The smallest absolute Gasteiger partial charge is 0.759 e. The summed E-state index contributed by atoms with van der Waals surface area (Å²) < 4.78 is 136. The van der Waals surface area contributed by atoms with Gasteiger partial charge in [-0.1, -0.05) is 55.4 Å². The SMILES string of the molecule is CC(C)NC(C)C.CC(C)NC(C)C.O=S(=O)([O-])[O-].O=S(=O)([O-])[O-].O=S(=O)([O-])[O-].O=S(=O)([O-])[O-].[Pt+4].[Pt+4]. The van der Waals surface area contributed by atoms with Crippen molar-refractivity contribution in [1.82, 2.24) is 10.6 Å². The molecule has 0 aromatic rings. The van der Waals surface area contributed by atoms with Gasteiger partial charge in [-0.25, -0.2) is 0 Å². The molecular formula is C12H30N2O16Pt2S4. The maximum Gasteiger partial charge on any atom is 4.00 e. The van der Waals surface area contributed by atoms with Crippen LogP contribution in [0.2, 0.25) is 0 Å². The second-order valence-corrected chi connectivity index (χ2v) is 9.85. The second-order valence-electron chi connectivity index (χ2n) is 6.59.